The van der Waals surface area contributed by atoms with Crippen molar-refractivity contribution in [2.24, 2.45) is 15.9 Å². The molecule has 0 aromatic rings. The Morgan fingerprint density at radius 2 is 2.50 bits per heavy atom. The summed E-state index contributed by atoms with van der Waals surface area (Å²) in [6.45, 7) is 1.63. The number of rotatable bonds is 0. The predicted molar refractivity (Wildman–Crippen MR) is 44.8 cm³/mol. The van der Waals surface area contributed by atoms with Crippen molar-refractivity contribution in [3.05, 3.63) is 12.3 Å². The van der Waals surface area contributed by atoms with Gasteiger partial charge in [-0.2, -0.15) is 5.10 Å². The quantitative estimate of drug-likeness (QED) is 0.402. The van der Waals surface area contributed by atoms with Gasteiger partial charge < -0.3 is 10.6 Å². The lowest BCUT2D eigenvalue weighted by atomic mass is 10.2. The molecule has 1 rings (SSSR count). The van der Waals surface area contributed by atoms with Crippen LogP contribution in [-0.4, -0.2) is 23.9 Å². The van der Waals surface area contributed by atoms with Gasteiger partial charge in [0.25, 0.3) is 0 Å². The topological polar surface area (TPSA) is 77.0 Å². The van der Waals surface area contributed by atoms with Crippen LogP contribution >= 0.6 is 0 Å². The summed E-state index contributed by atoms with van der Waals surface area (Å²) in [5.74, 6) is 4.77. The molecular formula is C7H9N3O2. The van der Waals surface area contributed by atoms with Crippen LogP contribution in [0.25, 0.3) is 0 Å². The van der Waals surface area contributed by atoms with E-state index in [1.165, 1.54) is 13.2 Å². The zero-order chi connectivity index (χ0) is 8.97. The lowest BCUT2D eigenvalue weighted by Crippen LogP contribution is -2.23. The van der Waals surface area contributed by atoms with Crippen molar-refractivity contribution in [1.82, 2.24) is 0 Å². The number of ether oxygens (including phenoxy) is 1. The number of carbonyl (C=O) groups excluding carboxylic acids is 1. The van der Waals surface area contributed by atoms with Crippen molar-refractivity contribution in [2.75, 3.05) is 6.61 Å². The summed E-state index contributed by atoms with van der Waals surface area (Å²) < 4.78 is 4.90. The van der Waals surface area contributed by atoms with E-state index in [9.17, 15) is 4.79 Å². The van der Waals surface area contributed by atoms with E-state index in [1.54, 1.807) is 6.08 Å². The first kappa shape index (κ1) is 8.45. The summed E-state index contributed by atoms with van der Waals surface area (Å²) in [7, 11) is 0. The van der Waals surface area contributed by atoms with Gasteiger partial charge in [-0.15, -0.1) is 0 Å². The third-order valence-corrected chi connectivity index (χ3v) is 1.27. The molecule has 1 amide bonds. The fourth-order valence-electron chi connectivity index (χ4n) is 0.785. The summed E-state index contributed by atoms with van der Waals surface area (Å²) in [4.78, 5) is 14.3. The summed E-state index contributed by atoms with van der Waals surface area (Å²) in [5.41, 5.74) is 0.948. The second-order valence-corrected chi connectivity index (χ2v) is 2.21. The Balaban J connectivity index is 2.93. The summed E-state index contributed by atoms with van der Waals surface area (Å²) in [6.07, 6.45) is 3.01. The van der Waals surface area contributed by atoms with E-state index in [0.29, 0.717) is 11.4 Å². The van der Waals surface area contributed by atoms with Gasteiger partial charge in [0.1, 0.15) is 12.3 Å². The zero-order valence-electron chi connectivity index (χ0n) is 6.65. The molecule has 0 aromatic carbocycles. The number of allylic oxidation sites excluding steroid dienone is 1. The van der Waals surface area contributed by atoms with Gasteiger partial charge in [0.2, 0.25) is 5.91 Å². The second kappa shape index (κ2) is 3.66. The van der Waals surface area contributed by atoms with Crippen LogP contribution < -0.4 is 5.84 Å². The van der Waals surface area contributed by atoms with Crippen LogP contribution in [0.3, 0.4) is 0 Å². The molecule has 64 valence electrons. The molecule has 0 fully saturated rings. The van der Waals surface area contributed by atoms with E-state index < -0.39 is 0 Å². The Kier molecular flexibility index (Phi) is 2.57. The van der Waals surface area contributed by atoms with Gasteiger partial charge in [0.05, 0.1) is 12.0 Å². The Morgan fingerprint density at radius 3 is 3.08 bits per heavy atom. The average Bonchev–Trinajstić information content (AvgIpc) is 2.04. The highest BCUT2D eigenvalue weighted by atomic mass is 16.5. The zero-order valence-corrected chi connectivity index (χ0v) is 6.65. The molecular weight excluding hydrogens is 158 g/mol. The van der Waals surface area contributed by atoms with E-state index in [0.717, 1.165) is 0 Å². The summed E-state index contributed by atoms with van der Waals surface area (Å²) in [5, 5.41) is 3.44. The van der Waals surface area contributed by atoms with Crippen molar-refractivity contribution >= 4 is 17.3 Å². The first-order valence-corrected chi connectivity index (χ1v) is 3.38. The number of hydrogen-bond acceptors (Lipinski definition) is 4. The second-order valence-electron chi connectivity index (χ2n) is 2.21. The highest BCUT2D eigenvalue weighted by molar-refractivity contribution is 6.48. The number of carbonyl (C=O) groups is 1. The molecule has 0 spiro atoms. The first-order valence-electron chi connectivity index (χ1n) is 3.38. The van der Waals surface area contributed by atoms with Crippen LogP contribution in [0.2, 0.25) is 0 Å². The summed E-state index contributed by atoms with van der Waals surface area (Å²) >= 11 is 0. The van der Waals surface area contributed by atoms with Crippen LogP contribution in [0.1, 0.15) is 6.92 Å². The molecule has 2 N–H and O–H groups in total. The fraction of sp³-hybridized carbons (Fsp3) is 0.286. The Hall–Kier alpha value is -1.65. The molecule has 0 saturated heterocycles. The van der Waals surface area contributed by atoms with E-state index in [1.807, 2.05) is 0 Å². The number of nitrogens with two attached hydrogens (primary N) is 1. The maximum absolute atomic E-state index is 10.6. The van der Waals surface area contributed by atoms with Crippen LogP contribution in [0.5, 0.6) is 0 Å². The van der Waals surface area contributed by atoms with Crippen LogP contribution in [-0.2, 0) is 9.53 Å². The SMILES string of the molecule is CC(=O)N=C1C=COCC1=NN. The van der Waals surface area contributed by atoms with Crippen molar-refractivity contribution in [1.29, 1.82) is 0 Å². The number of amides is 1. The highest BCUT2D eigenvalue weighted by Crippen LogP contribution is 1.97. The van der Waals surface area contributed by atoms with Crippen molar-refractivity contribution < 1.29 is 9.53 Å². The number of hydrazone groups is 1. The molecule has 5 nitrogen and oxygen atoms in total. The number of hydrogen-bond donors (Lipinski definition) is 1. The first-order chi connectivity index (χ1) is 5.74. The van der Waals surface area contributed by atoms with E-state index >= 15 is 0 Å². The number of aliphatic imine (C=N–C) groups is 1. The maximum atomic E-state index is 10.6. The lowest BCUT2D eigenvalue weighted by Gasteiger charge is -2.09. The molecule has 0 saturated carbocycles. The van der Waals surface area contributed by atoms with Crippen LogP contribution in [0, 0.1) is 0 Å². The molecule has 0 unspecified atom stereocenters. The van der Waals surface area contributed by atoms with E-state index in [2.05, 4.69) is 10.1 Å². The van der Waals surface area contributed by atoms with Crippen molar-refractivity contribution in [2.45, 2.75) is 6.92 Å². The molecule has 0 radical (unpaired) electrons. The molecule has 1 heterocycles. The normalized spacial score (nSPS) is 22.8. The van der Waals surface area contributed by atoms with Gasteiger partial charge in [-0.05, 0) is 0 Å². The highest BCUT2D eigenvalue weighted by Gasteiger charge is 2.11. The Morgan fingerprint density at radius 1 is 1.75 bits per heavy atom. The fourth-order valence-corrected chi connectivity index (χ4v) is 0.785. The molecule has 12 heavy (non-hydrogen) atoms. The lowest BCUT2D eigenvalue weighted by molar-refractivity contribution is -0.115. The van der Waals surface area contributed by atoms with Gasteiger partial charge in [-0.25, -0.2) is 4.99 Å². The van der Waals surface area contributed by atoms with E-state index in [-0.39, 0.29) is 12.5 Å². The molecule has 0 bridgehead atoms. The van der Waals surface area contributed by atoms with Crippen LogP contribution in [0.4, 0.5) is 0 Å². The Labute approximate surface area is 69.6 Å². The standard InChI is InChI=1S/C7H9N3O2/c1-5(11)9-6-2-3-12-4-7(6)10-8/h2-3H,4,8H2,1H3. The third kappa shape index (κ3) is 1.91. The van der Waals surface area contributed by atoms with Gasteiger partial charge in [-0.1, -0.05) is 0 Å². The van der Waals surface area contributed by atoms with Gasteiger partial charge in [0, 0.05) is 13.0 Å². The van der Waals surface area contributed by atoms with Gasteiger partial charge in [-0.3, -0.25) is 4.79 Å². The largest absolute Gasteiger partial charge is 0.495 e. The minimum Gasteiger partial charge on any atom is -0.495 e. The smallest absolute Gasteiger partial charge is 0.243 e. The monoisotopic (exact) mass is 167 g/mol. The predicted octanol–water partition coefficient (Wildman–Crippen LogP) is -0.167. The minimum atomic E-state index is -0.280. The molecule has 0 aliphatic carbocycles. The molecule has 1 aliphatic heterocycles. The number of nitrogens with zero attached hydrogens (tertiary/aromatic N) is 2. The van der Waals surface area contributed by atoms with Gasteiger partial charge in [0.15, 0.2) is 0 Å². The van der Waals surface area contributed by atoms with Crippen LogP contribution in [0.15, 0.2) is 22.4 Å². The average molecular weight is 167 g/mol. The van der Waals surface area contributed by atoms with Crippen molar-refractivity contribution in [3.63, 3.8) is 0 Å². The summed E-state index contributed by atoms with van der Waals surface area (Å²) in [6, 6.07) is 0. The van der Waals surface area contributed by atoms with Crippen molar-refractivity contribution in [3.8, 4) is 0 Å². The Bertz CT molecular complexity index is 278. The molecule has 0 atom stereocenters. The maximum Gasteiger partial charge on any atom is 0.243 e. The van der Waals surface area contributed by atoms with Gasteiger partial charge >= 0.3 is 0 Å². The third-order valence-electron chi connectivity index (χ3n) is 1.27. The molecule has 0 aromatic heterocycles. The molecule has 1 aliphatic rings. The minimum absolute atomic E-state index is 0.263. The molecule has 5 heteroatoms. The van der Waals surface area contributed by atoms with E-state index in [4.69, 9.17) is 10.6 Å².